The molecule has 0 radical (unpaired) electrons. The van der Waals surface area contributed by atoms with Crippen molar-refractivity contribution in [1.29, 1.82) is 0 Å². The van der Waals surface area contributed by atoms with Crippen LogP contribution in [-0.2, 0) is 6.42 Å². The van der Waals surface area contributed by atoms with Crippen molar-refractivity contribution in [2.75, 3.05) is 46.3 Å². The molecule has 1 saturated heterocycles. The molecule has 1 saturated carbocycles. The van der Waals surface area contributed by atoms with Crippen molar-refractivity contribution in [2.24, 2.45) is 5.92 Å². The van der Waals surface area contributed by atoms with Crippen molar-refractivity contribution in [3.8, 4) is 0 Å². The second-order valence-corrected chi connectivity index (χ2v) is 12.4. The van der Waals surface area contributed by atoms with Gasteiger partial charge in [0.15, 0.2) is 11.6 Å². The minimum absolute atomic E-state index is 0.00572. The molecule has 0 unspecified atom stereocenters. The molecule has 7 heteroatoms. The van der Waals surface area contributed by atoms with Crippen LogP contribution in [0.3, 0.4) is 0 Å². The van der Waals surface area contributed by atoms with Crippen molar-refractivity contribution in [3.63, 3.8) is 0 Å². The topological polar surface area (TPSA) is 22.6 Å². The van der Waals surface area contributed by atoms with Gasteiger partial charge in [0.25, 0.3) is 0 Å². The highest BCUT2D eigenvalue weighted by Crippen LogP contribution is 2.41. The lowest BCUT2D eigenvalue weighted by molar-refractivity contribution is 0.212. The Hall–Kier alpha value is -2.64. The Morgan fingerprint density at radius 3 is 2.21 bits per heavy atom. The van der Waals surface area contributed by atoms with E-state index in [1.807, 2.05) is 4.90 Å². The van der Waals surface area contributed by atoms with E-state index in [-0.39, 0.29) is 10.5 Å². The molecule has 2 aromatic rings. The summed E-state index contributed by atoms with van der Waals surface area (Å²) in [5.74, 6) is -0.412. The van der Waals surface area contributed by atoms with Crippen LogP contribution in [0.2, 0.25) is 0 Å². The molecule has 0 atom stereocenters. The number of benzene rings is 1. The van der Waals surface area contributed by atoms with E-state index in [1.165, 1.54) is 79.4 Å². The number of hydrogen-bond acceptors (Lipinski definition) is 5. The third-order valence-electron chi connectivity index (χ3n) is 9.04. The fourth-order valence-corrected chi connectivity index (χ4v) is 6.45. The van der Waals surface area contributed by atoms with Gasteiger partial charge in [0.05, 0.1) is 0 Å². The van der Waals surface area contributed by atoms with Crippen molar-refractivity contribution >= 4 is 24.0 Å². The van der Waals surface area contributed by atoms with Crippen LogP contribution in [0.4, 0.5) is 8.78 Å². The Morgan fingerprint density at radius 1 is 0.923 bits per heavy atom. The molecule has 6 rings (SSSR count). The summed E-state index contributed by atoms with van der Waals surface area (Å²) in [6.07, 6.45) is 7.28. The average molecular weight is 549 g/mol. The molecule has 1 aromatic carbocycles. The monoisotopic (exact) mass is 548 g/mol. The fourth-order valence-electron chi connectivity index (χ4n) is 6.27. The Bertz CT molecular complexity index is 1320. The van der Waals surface area contributed by atoms with Crippen LogP contribution < -0.4 is 0 Å². The van der Waals surface area contributed by atoms with Gasteiger partial charge in [-0.25, -0.2) is 8.78 Å². The zero-order valence-corrected chi connectivity index (χ0v) is 23.8. The van der Waals surface area contributed by atoms with Gasteiger partial charge >= 0.3 is 0 Å². The lowest BCUT2D eigenvalue weighted by Gasteiger charge is -2.29. The van der Waals surface area contributed by atoms with Gasteiger partial charge in [0.1, 0.15) is 0 Å². The number of aromatic nitrogens is 1. The van der Waals surface area contributed by atoms with E-state index < -0.39 is 11.6 Å². The first-order valence-electron chi connectivity index (χ1n) is 14.2. The largest absolute Gasteiger partial charge is 0.363 e. The lowest BCUT2D eigenvalue weighted by Crippen LogP contribution is -2.30. The number of piperidine rings is 1. The molecule has 1 aromatic heterocycles. The predicted octanol–water partition coefficient (Wildman–Crippen LogP) is 6.37. The van der Waals surface area contributed by atoms with Crippen molar-refractivity contribution in [3.05, 3.63) is 82.7 Å². The number of hydrogen-bond donors (Lipinski definition) is 1. The van der Waals surface area contributed by atoms with Gasteiger partial charge < -0.3 is 14.7 Å². The summed E-state index contributed by atoms with van der Waals surface area (Å²) in [6, 6.07) is 7.58. The SMILES string of the molecule is C=C(c1cc(CCC2CCN(C)CC2)nc(C2CC2)c1)N1CC2=C(C1)CN(C(=C)c1ccc(S)c(F)c1F)C2. The molecule has 2 fully saturated rings. The highest BCUT2D eigenvalue weighted by molar-refractivity contribution is 7.80. The van der Waals surface area contributed by atoms with Crippen LogP contribution in [0.25, 0.3) is 11.4 Å². The molecule has 4 heterocycles. The second kappa shape index (κ2) is 10.7. The molecule has 4 nitrogen and oxygen atoms in total. The van der Waals surface area contributed by atoms with Crippen LogP contribution in [0.15, 0.2) is 53.5 Å². The van der Waals surface area contributed by atoms with E-state index in [2.05, 4.69) is 54.8 Å². The van der Waals surface area contributed by atoms with Crippen molar-refractivity contribution in [1.82, 2.24) is 19.7 Å². The Labute approximate surface area is 236 Å². The quantitative estimate of drug-likeness (QED) is 0.306. The maximum atomic E-state index is 14.6. The minimum atomic E-state index is -0.923. The minimum Gasteiger partial charge on any atom is -0.363 e. The van der Waals surface area contributed by atoms with Gasteiger partial charge in [-0.3, -0.25) is 4.98 Å². The summed E-state index contributed by atoms with van der Waals surface area (Å²) in [6.45, 7) is 14.0. The van der Waals surface area contributed by atoms with E-state index in [0.717, 1.165) is 31.1 Å². The molecule has 0 spiro atoms. The standard InChI is InChI=1S/C32H38F2N4S/c1-20(24-14-27(35-29(15-24)23-5-6-23)7-4-22-10-12-36(3)13-11-22)37-16-25-18-38(19-26(25)17-37)21(2)28-8-9-30(39)32(34)31(28)33/h8-9,14-15,22-23,39H,1-2,4-7,10-13,16-19H2,3H3. The van der Waals surface area contributed by atoms with Gasteiger partial charge in [-0.05, 0) is 100.0 Å². The third-order valence-corrected chi connectivity index (χ3v) is 9.38. The molecule has 0 amide bonds. The first-order chi connectivity index (χ1) is 18.8. The Balaban J connectivity index is 1.10. The molecule has 1 aliphatic carbocycles. The number of halogens is 2. The van der Waals surface area contributed by atoms with E-state index >= 15 is 0 Å². The van der Waals surface area contributed by atoms with Gasteiger partial charge in [-0.2, -0.15) is 0 Å². The van der Waals surface area contributed by atoms with E-state index in [0.29, 0.717) is 24.7 Å². The van der Waals surface area contributed by atoms with E-state index in [4.69, 9.17) is 4.98 Å². The summed E-state index contributed by atoms with van der Waals surface area (Å²) < 4.78 is 28.7. The first kappa shape index (κ1) is 26.6. The van der Waals surface area contributed by atoms with Gasteiger partial charge in [0, 0.05) is 70.9 Å². The summed E-state index contributed by atoms with van der Waals surface area (Å²) in [7, 11) is 2.22. The second-order valence-electron chi connectivity index (χ2n) is 11.9. The van der Waals surface area contributed by atoms with Gasteiger partial charge in [-0.1, -0.05) is 13.2 Å². The number of nitrogens with zero attached hydrogens (tertiary/aromatic N) is 4. The van der Waals surface area contributed by atoms with Crippen LogP contribution in [0.1, 0.15) is 60.5 Å². The summed E-state index contributed by atoms with van der Waals surface area (Å²) in [5, 5.41) is 0. The summed E-state index contributed by atoms with van der Waals surface area (Å²) in [4.78, 5) is 11.9. The number of rotatable bonds is 8. The predicted molar refractivity (Wildman–Crippen MR) is 157 cm³/mol. The molecule has 206 valence electrons. The molecule has 3 aliphatic heterocycles. The maximum Gasteiger partial charge on any atom is 0.172 e. The Morgan fingerprint density at radius 2 is 1.56 bits per heavy atom. The van der Waals surface area contributed by atoms with Crippen molar-refractivity contribution in [2.45, 2.75) is 49.3 Å². The van der Waals surface area contributed by atoms with Crippen LogP contribution in [0.5, 0.6) is 0 Å². The smallest absolute Gasteiger partial charge is 0.172 e. The van der Waals surface area contributed by atoms with E-state index in [1.54, 1.807) is 6.07 Å². The lowest BCUT2D eigenvalue weighted by atomic mass is 9.91. The van der Waals surface area contributed by atoms with Gasteiger partial charge in [-0.15, -0.1) is 12.6 Å². The molecular formula is C32H38F2N4S. The third kappa shape index (κ3) is 5.53. The first-order valence-corrected chi connectivity index (χ1v) is 14.7. The molecule has 39 heavy (non-hydrogen) atoms. The number of likely N-dealkylation sites (tertiary alicyclic amines) is 1. The number of thiol groups is 1. The van der Waals surface area contributed by atoms with Crippen molar-refractivity contribution < 1.29 is 8.78 Å². The zero-order chi connectivity index (χ0) is 27.3. The Kier molecular flexibility index (Phi) is 7.32. The molecule has 0 bridgehead atoms. The van der Waals surface area contributed by atoms with Gasteiger partial charge in [0.2, 0.25) is 0 Å². The van der Waals surface area contributed by atoms with Crippen LogP contribution in [-0.4, -0.2) is 66.0 Å². The average Bonchev–Trinajstić information content (AvgIpc) is 3.60. The summed E-state index contributed by atoms with van der Waals surface area (Å²) >= 11 is 3.99. The highest BCUT2D eigenvalue weighted by Gasteiger charge is 2.33. The number of pyridine rings is 1. The van der Waals surface area contributed by atoms with E-state index in [9.17, 15) is 8.78 Å². The molecule has 4 aliphatic rings. The van der Waals surface area contributed by atoms with Crippen LogP contribution in [0, 0.1) is 17.6 Å². The van der Waals surface area contributed by atoms with Crippen LogP contribution >= 0.6 is 12.6 Å². The highest BCUT2D eigenvalue weighted by atomic mass is 32.1. The summed E-state index contributed by atoms with van der Waals surface area (Å²) in [5.41, 5.74) is 8.04. The normalized spacial score (nSPS) is 20.2. The zero-order valence-electron chi connectivity index (χ0n) is 22.9. The number of aryl methyl sites for hydroxylation is 1. The molecule has 0 N–H and O–H groups in total. The molecular weight excluding hydrogens is 510 g/mol. The maximum absolute atomic E-state index is 14.6. The fraction of sp³-hybridized carbons (Fsp3) is 0.469.